The minimum absolute atomic E-state index is 0.0644. The summed E-state index contributed by atoms with van der Waals surface area (Å²) in [6, 6.07) is 5.48. The lowest BCUT2D eigenvalue weighted by Gasteiger charge is -2.08. The van der Waals surface area contributed by atoms with Gasteiger partial charge in [0, 0.05) is 19.3 Å². The highest BCUT2D eigenvalue weighted by molar-refractivity contribution is 7.92. The Morgan fingerprint density at radius 2 is 2.09 bits per heavy atom. The maximum Gasteiger partial charge on any atom is 0.267 e. The van der Waals surface area contributed by atoms with Gasteiger partial charge in [-0.2, -0.15) is 0 Å². The molecule has 1 aromatic carbocycles. The summed E-state index contributed by atoms with van der Waals surface area (Å²) in [5.41, 5.74) is 0.902. The Hall–Kier alpha value is -2.35. The third kappa shape index (κ3) is 3.07. The first-order valence-corrected chi connectivity index (χ1v) is 8.62. The summed E-state index contributed by atoms with van der Waals surface area (Å²) < 4.78 is 42.5. The van der Waals surface area contributed by atoms with Crippen LogP contribution in [0.25, 0.3) is 0 Å². The number of benzene rings is 1. The van der Waals surface area contributed by atoms with Gasteiger partial charge in [-0.3, -0.25) is 9.52 Å². The average molecular weight is 337 g/mol. The Balaban J connectivity index is 1.96. The molecule has 1 aliphatic rings. The van der Waals surface area contributed by atoms with Crippen LogP contribution in [-0.2, 0) is 16.6 Å². The zero-order valence-corrected chi connectivity index (χ0v) is 13.3. The predicted octanol–water partition coefficient (Wildman–Crippen LogP) is 1.87. The molecule has 23 heavy (non-hydrogen) atoms. The molecule has 0 radical (unpaired) electrons. The van der Waals surface area contributed by atoms with E-state index in [0.717, 1.165) is 5.56 Å². The molecule has 6 nitrogen and oxygen atoms in total. The van der Waals surface area contributed by atoms with Crippen molar-refractivity contribution in [2.24, 2.45) is 0 Å². The molecule has 0 unspecified atom stereocenters. The number of nitrogens with zero attached hydrogens (tertiary/aromatic N) is 1. The molecule has 0 saturated carbocycles. The van der Waals surface area contributed by atoms with Crippen molar-refractivity contribution in [1.82, 2.24) is 9.88 Å². The van der Waals surface area contributed by atoms with E-state index >= 15 is 0 Å². The van der Waals surface area contributed by atoms with Crippen molar-refractivity contribution in [2.75, 3.05) is 11.3 Å². The van der Waals surface area contributed by atoms with Gasteiger partial charge >= 0.3 is 0 Å². The summed E-state index contributed by atoms with van der Waals surface area (Å²) in [4.78, 5) is 11.8. The number of hydrogen-bond acceptors (Lipinski definition) is 3. The quantitative estimate of drug-likeness (QED) is 0.897. The van der Waals surface area contributed by atoms with Crippen molar-refractivity contribution in [3.8, 4) is 0 Å². The molecule has 122 valence electrons. The molecule has 2 N–H and O–H groups in total. The molecular weight excluding hydrogens is 321 g/mol. The third-order valence-electron chi connectivity index (χ3n) is 3.64. The van der Waals surface area contributed by atoms with Crippen LogP contribution in [0.15, 0.2) is 35.4 Å². The van der Waals surface area contributed by atoms with Gasteiger partial charge in [0.1, 0.15) is 16.4 Å². The summed E-state index contributed by atoms with van der Waals surface area (Å²) in [5, 5.41) is 2.70. The number of rotatable bonds is 3. The van der Waals surface area contributed by atoms with Gasteiger partial charge in [-0.1, -0.05) is 6.07 Å². The summed E-state index contributed by atoms with van der Waals surface area (Å²) >= 11 is 0. The molecule has 0 bridgehead atoms. The number of carbonyl (C=O) groups is 1. The average Bonchev–Trinajstić information content (AvgIpc) is 2.85. The number of amides is 1. The molecule has 8 heteroatoms. The van der Waals surface area contributed by atoms with E-state index in [-0.39, 0.29) is 22.2 Å². The molecule has 0 atom stereocenters. The van der Waals surface area contributed by atoms with Gasteiger partial charge in [0.2, 0.25) is 0 Å². The van der Waals surface area contributed by atoms with Gasteiger partial charge in [0.25, 0.3) is 15.9 Å². The first-order chi connectivity index (χ1) is 10.9. The number of nitrogens with one attached hydrogen (secondary N) is 2. The number of hydrogen-bond donors (Lipinski definition) is 2. The molecule has 1 amide bonds. The SMILES string of the molecule is Cc1ccc(F)c(NS(=O)(=O)c2cc3n(c2)CCCNC3=O)c1. The van der Waals surface area contributed by atoms with E-state index in [0.29, 0.717) is 19.5 Å². The maximum absolute atomic E-state index is 13.8. The smallest absolute Gasteiger partial charge is 0.267 e. The summed E-state index contributed by atoms with van der Waals surface area (Å²) in [7, 11) is -3.97. The Bertz CT molecular complexity index is 874. The van der Waals surface area contributed by atoms with E-state index in [1.807, 2.05) is 0 Å². The molecule has 0 saturated heterocycles. The number of fused-ring (bicyclic) bond motifs is 1. The van der Waals surface area contributed by atoms with Crippen LogP contribution in [-0.4, -0.2) is 25.4 Å². The molecule has 3 rings (SSSR count). The topological polar surface area (TPSA) is 80.2 Å². The first kappa shape index (κ1) is 15.5. The number of aryl methyl sites for hydroxylation is 2. The highest BCUT2D eigenvalue weighted by Crippen LogP contribution is 2.22. The minimum Gasteiger partial charge on any atom is -0.351 e. The lowest BCUT2D eigenvalue weighted by molar-refractivity contribution is 0.0951. The number of carbonyl (C=O) groups excluding carboxylic acids is 1. The van der Waals surface area contributed by atoms with Gasteiger partial charge in [-0.25, -0.2) is 12.8 Å². The van der Waals surface area contributed by atoms with E-state index in [9.17, 15) is 17.6 Å². The third-order valence-corrected chi connectivity index (χ3v) is 4.97. The lowest BCUT2D eigenvalue weighted by atomic mass is 10.2. The number of anilines is 1. The van der Waals surface area contributed by atoms with Crippen LogP contribution in [0.1, 0.15) is 22.5 Å². The summed E-state index contributed by atoms with van der Waals surface area (Å²) in [6.45, 7) is 2.83. The van der Waals surface area contributed by atoms with E-state index in [1.165, 1.54) is 24.4 Å². The minimum atomic E-state index is -3.97. The molecule has 0 spiro atoms. The largest absolute Gasteiger partial charge is 0.351 e. The maximum atomic E-state index is 13.8. The summed E-state index contributed by atoms with van der Waals surface area (Å²) in [5.74, 6) is -0.969. The second-order valence-corrected chi connectivity index (χ2v) is 7.14. The molecule has 1 aliphatic heterocycles. The van der Waals surface area contributed by atoms with Crippen LogP contribution in [0.5, 0.6) is 0 Å². The predicted molar refractivity (Wildman–Crippen MR) is 83.3 cm³/mol. The van der Waals surface area contributed by atoms with Crippen molar-refractivity contribution < 1.29 is 17.6 Å². The van der Waals surface area contributed by atoms with Gasteiger partial charge < -0.3 is 9.88 Å². The standard InChI is InChI=1S/C15H16FN3O3S/c1-10-3-4-12(16)13(7-10)18-23(21,22)11-8-14-15(20)17-5-2-6-19(14)9-11/h3-4,7-9,18H,2,5-6H2,1H3,(H,17,20). The number of sulfonamides is 1. The number of halogens is 1. The zero-order valence-electron chi connectivity index (χ0n) is 12.5. The first-order valence-electron chi connectivity index (χ1n) is 7.14. The molecule has 2 aromatic rings. The van der Waals surface area contributed by atoms with Crippen LogP contribution in [0.3, 0.4) is 0 Å². The van der Waals surface area contributed by atoms with Gasteiger partial charge in [-0.15, -0.1) is 0 Å². The molecule has 0 fully saturated rings. The van der Waals surface area contributed by atoms with E-state index in [4.69, 9.17) is 0 Å². The van der Waals surface area contributed by atoms with E-state index in [1.54, 1.807) is 17.6 Å². The molecule has 1 aromatic heterocycles. The van der Waals surface area contributed by atoms with Crippen LogP contribution in [0, 0.1) is 12.7 Å². The van der Waals surface area contributed by atoms with Crippen molar-refractivity contribution in [3.63, 3.8) is 0 Å². The normalized spacial score (nSPS) is 14.8. The highest BCUT2D eigenvalue weighted by Gasteiger charge is 2.23. The van der Waals surface area contributed by atoms with Gasteiger partial charge in [-0.05, 0) is 37.1 Å². The van der Waals surface area contributed by atoms with Crippen LogP contribution < -0.4 is 10.0 Å². The van der Waals surface area contributed by atoms with Crippen LogP contribution in [0.2, 0.25) is 0 Å². The van der Waals surface area contributed by atoms with Crippen LogP contribution >= 0.6 is 0 Å². The van der Waals surface area contributed by atoms with E-state index < -0.39 is 15.8 Å². The molecule has 2 heterocycles. The Morgan fingerprint density at radius 3 is 2.87 bits per heavy atom. The zero-order chi connectivity index (χ0) is 16.6. The lowest BCUT2D eigenvalue weighted by Crippen LogP contribution is -2.22. The van der Waals surface area contributed by atoms with Crippen LogP contribution in [0.4, 0.5) is 10.1 Å². The number of aromatic nitrogens is 1. The molecular formula is C15H16FN3O3S. The van der Waals surface area contributed by atoms with Gasteiger partial charge in [0.05, 0.1) is 5.69 Å². The summed E-state index contributed by atoms with van der Waals surface area (Å²) in [6.07, 6.45) is 2.11. The van der Waals surface area contributed by atoms with Crippen molar-refractivity contribution in [1.29, 1.82) is 0 Å². The van der Waals surface area contributed by atoms with E-state index in [2.05, 4.69) is 10.0 Å². The Morgan fingerprint density at radius 1 is 1.30 bits per heavy atom. The Kier molecular flexibility index (Phi) is 3.85. The fraction of sp³-hybridized carbons (Fsp3) is 0.267. The van der Waals surface area contributed by atoms with Crippen molar-refractivity contribution in [2.45, 2.75) is 24.8 Å². The second-order valence-electron chi connectivity index (χ2n) is 5.45. The Labute approximate surface area is 133 Å². The van der Waals surface area contributed by atoms with Crippen molar-refractivity contribution in [3.05, 3.63) is 47.5 Å². The highest BCUT2D eigenvalue weighted by atomic mass is 32.2. The second kappa shape index (κ2) is 5.69. The molecule has 0 aliphatic carbocycles. The van der Waals surface area contributed by atoms with Gasteiger partial charge in [0.15, 0.2) is 0 Å². The monoisotopic (exact) mass is 337 g/mol. The van der Waals surface area contributed by atoms with Crippen molar-refractivity contribution >= 4 is 21.6 Å². The fourth-order valence-corrected chi connectivity index (χ4v) is 3.57. The fourth-order valence-electron chi connectivity index (χ4n) is 2.47.